The highest BCUT2D eigenvalue weighted by Gasteiger charge is 2.38. The normalized spacial score (nSPS) is 16.9. The van der Waals surface area contributed by atoms with E-state index in [1.54, 1.807) is 6.92 Å². The van der Waals surface area contributed by atoms with Crippen LogP contribution in [-0.2, 0) is 10.3 Å². The highest BCUT2D eigenvalue weighted by atomic mass is 32.2. The molecule has 0 radical (unpaired) electrons. The zero-order valence-corrected chi connectivity index (χ0v) is 16.4. The molecule has 2 aromatic rings. The Balaban J connectivity index is 1.71. The molecule has 2 heterocycles. The summed E-state index contributed by atoms with van der Waals surface area (Å²) in [5, 5.41) is 7.94. The molecule has 1 aliphatic carbocycles. The molecule has 1 amide bonds. The van der Waals surface area contributed by atoms with Crippen LogP contribution < -0.4 is 5.32 Å². The zero-order chi connectivity index (χ0) is 18.6. The van der Waals surface area contributed by atoms with Gasteiger partial charge in [-0.25, -0.2) is 9.97 Å². The topological polar surface area (TPSA) is 93.8 Å². The number of hydrogen-bond donors (Lipinski definition) is 1. The first-order valence-electron chi connectivity index (χ1n) is 9.04. The second kappa shape index (κ2) is 8.16. The molecule has 26 heavy (non-hydrogen) atoms. The number of hydrogen-bond acceptors (Lipinski definition) is 7. The number of thioether (sulfide) groups is 1. The van der Waals surface area contributed by atoms with E-state index < -0.39 is 5.54 Å². The number of amides is 1. The second-order valence-corrected chi connectivity index (χ2v) is 7.85. The Morgan fingerprint density at radius 2 is 1.77 bits per heavy atom. The van der Waals surface area contributed by atoms with Crippen LogP contribution >= 0.6 is 11.8 Å². The van der Waals surface area contributed by atoms with Crippen molar-refractivity contribution >= 4 is 17.7 Å². The van der Waals surface area contributed by atoms with Crippen molar-refractivity contribution in [1.82, 2.24) is 25.4 Å². The predicted octanol–water partition coefficient (Wildman–Crippen LogP) is 3.24. The first kappa shape index (κ1) is 18.8. The van der Waals surface area contributed by atoms with Crippen molar-refractivity contribution < 1.29 is 9.32 Å². The van der Waals surface area contributed by atoms with Crippen LogP contribution in [0.5, 0.6) is 0 Å². The molecule has 0 aromatic carbocycles. The van der Waals surface area contributed by atoms with Gasteiger partial charge < -0.3 is 9.84 Å². The largest absolute Gasteiger partial charge is 0.342 e. The summed E-state index contributed by atoms with van der Waals surface area (Å²) in [6.45, 7) is 5.63. The van der Waals surface area contributed by atoms with E-state index in [1.165, 1.54) is 24.6 Å². The molecule has 0 atom stereocenters. The van der Waals surface area contributed by atoms with Gasteiger partial charge in [-0.05, 0) is 32.8 Å². The van der Waals surface area contributed by atoms with Crippen LogP contribution in [0.2, 0.25) is 0 Å². The fourth-order valence-electron chi connectivity index (χ4n) is 3.42. The lowest BCUT2D eigenvalue weighted by Crippen LogP contribution is -2.47. The van der Waals surface area contributed by atoms with Gasteiger partial charge in [0.15, 0.2) is 11.0 Å². The Kier molecular flexibility index (Phi) is 5.90. The minimum absolute atomic E-state index is 0.0536. The van der Waals surface area contributed by atoms with Gasteiger partial charge in [0, 0.05) is 18.3 Å². The van der Waals surface area contributed by atoms with Crippen molar-refractivity contribution in [3.05, 3.63) is 29.2 Å². The highest BCUT2D eigenvalue weighted by molar-refractivity contribution is 7.99. The number of rotatable bonds is 5. The van der Waals surface area contributed by atoms with Crippen molar-refractivity contribution in [2.24, 2.45) is 0 Å². The molecular formula is C18H25N5O2S. The number of nitrogens with zero attached hydrogens (tertiary/aromatic N) is 4. The van der Waals surface area contributed by atoms with Crippen molar-refractivity contribution in [2.75, 3.05) is 5.75 Å². The molecule has 0 bridgehead atoms. The Hall–Kier alpha value is -1.96. The van der Waals surface area contributed by atoms with E-state index in [9.17, 15) is 4.79 Å². The van der Waals surface area contributed by atoms with E-state index >= 15 is 0 Å². The molecule has 0 unspecified atom stereocenters. The van der Waals surface area contributed by atoms with Crippen LogP contribution in [0.3, 0.4) is 0 Å². The Bertz CT molecular complexity index is 748. The standard InChI is InChI=1S/C18H25N5O2S/c1-12-10-13(2)20-17(19-12)26-11-15(24)22-18(8-6-4-5-7-9-18)16-21-14(3)25-23-16/h10H,4-9,11H2,1-3H3,(H,22,24). The van der Waals surface area contributed by atoms with Gasteiger partial charge in [-0.3, -0.25) is 4.79 Å². The predicted molar refractivity (Wildman–Crippen MR) is 98.8 cm³/mol. The van der Waals surface area contributed by atoms with Crippen LogP contribution in [0.1, 0.15) is 61.6 Å². The lowest BCUT2D eigenvalue weighted by Gasteiger charge is -2.30. The zero-order valence-electron chi connectivity index (χ0n) is 15.5. The minimum Gasteiger partial charge on any atom is -0.342 e. The third-order valence-electron chi connectivity index (χ3n) is 4.59. The van der Waals surface area contributed by atoms with Gasteiger partial charge in [0.05, 0.1) is 5.75 Å². The van der Waals surface area contributed by atoms with Gasteiger partial charge in [-0.1, -0.05) is 42.6 Å². The summed E-state index contributed by atoms with van der Waals surface area (Å²) in [5.74, 6) is 1.33. The quantitative estimate of drug-likeness (QED) is 0.487. The lowest BCUT2D eigenvalue weighted by atomic mass is 9.89. The molecule has 0 spiro atoms. The van der Waals surface area contributed by atoms with Crippen LogP contribution in [0, 0.1) is 20.8 Å². The maximum Gasteiger partial charge on any atom is 0.231 e. The molecule has 0 aliphatic heterocycles. The Morgan fingerprint density at radius 3 is 2.35 bits per heavy atom. The van der Waals surface area contributed by atoms with Crippen molar-refractivity contribution in [3.63, 3.8) is 0 Å². The summed E-state index contributed by atoms with van der Waals surface area (Å²) in [4.78, 5) is 25.9. The van der Waals surface area contributed by atoms with E-state index in [2.05, 4.69) is 25.4 Å². The average Bonchev–Trinajstić information content (AvgIpc) is 2.88. The molecule has 2 aromatic heterocycles. The molecule has 1 fully saturated rings. The summed E-state index contributed by atoms with van der Waals surface area (Å²) in [7, 11) is 0. The van der Waals surface area contributed by atoms with Crippen molar-refractivity contribution in [1.29, 1.82) is 0 Å². The van der Waals surface area contributed by atoms with E-state index in [-0.39, 0.29) is 11.7 Å². The molecule has 3 rings (SSSR count). The monoisotopic (exact) mass is 375 g/mol. The summed E-state index contributed by atoms with van der Waals surface area (Å²) < 4.78 is 5.18. The van der Waals surface area contributed by atoms with Gasteiger partial charge in [-0.15, -0.1) is 0 Å². The van der Waals surface area contributed by atoms with Crippen molar-refractivity contribution in [3.8, 4) is 0 Å². The summed E-state index contributed by atoms with van der Waals surface area (Å²) in [6.07, 6.45) is 6.09. The van der Waals surface area contributed by atoms with Gasteiger partial charge in [0.25, 0.3) is 0 Å². The average molecular weight is 375 g/mol. The van der Waals surface area contributed by atoms with E-state index in [0.717, 1.165) is 37.1 Å². The molecule has 140 valence electrons. The van der Waals surface area contributed by atoms with Crippen LogP contribution in [0.4, 0.5) is 0 Å². The summed E-state index contributed by atoms with van der Waals surface area (Å²) >= 11 is 1.35. The molecule has 7 nitrogen and oxygen atoms in total. The van der Waals surface area contributed by atoms with Gasteiger partial charge in [0.1, 0.15) is 5.54 Å². The third-order valence-corrected chi connectivity index (χ3v) is 5.43. The fraction of sp³-hybridized carbons (Fsp3) is 0.611. The number of aryl methyl sites for hydroxylation is 3. The maximum absolute atomic E-state index is 12.7. The molecule has 1 N–H and O–H groups in total. The van der Waals surface area contributed by atoms with E-state index in [4.69, 9.17) is 4.52 Å². The fourth-order valence-corrected chi connectivity index (χ4v) is 4.17. The summed E-state index contributed by atoms with van der Waals surface area (Å²) in [5.41, 5.74) is 1.28. The maximum atomic E-state index is 12.7. The minimum atomic E-state index is -0.532. The van der Waals surface area contributed by atoms with Crippen LogP contribution in [0.25, 0.3) is 0 Å². The Labute approximate surface area is 157 Å². The molecule has 0 saturated heterocycles. The SMILES string of the molecule is Cc1cc(C)nc(SCC(=O)NC2(c3noc(C)n3)CCCCCC2)n1. The number of carbonyl (C=O) groups excluding carboxylic acids is 1. The lowest BCUT2D eigenvalue weighted by molar-refractivity contribution is -0.120. The summed E-state index contributed by atoms with van der Waals surface area (Å²) in [6, 6.07) is 1.92. The first-order valence-corrected chi connectivity index (χ1v) is 10.0. The molecule has 1 aliphatic rings. The molecule has 8 heteroatoms. The Morgan fingerprint density at radius 1 is 1.12 bits per heavy atom. The second-order valence-electron chi connectivity index (χ2n) is 6.90. The van der Waals surface area contributed by atoms with Gasteiger partial charge in [0.2, 0.25) is 11.8 Å². The van der Waals surface area contributed by atoms with Crippen LogP contribution in [0.15, 0.2) is 15.7 Å². The first-order chi connectivity index (χ1) is 12.5. The van der Waals surface area contributed by atoms with Gasteiger partial charge in [-0.2, -0.15) is 4.98 Å². The van der Waals surface area contributed by atoms with Crippen LogP contribution in [-0.4, -0.2) is 31.8 Å². The van der Waals surface area contributed by atoms with E-state index in [0.29, 0.717) is 16.9 Å². The van der Waals surface area contributed by atoms with Gasteiger partial charge >= 0.3 is 0 Å². The smallest absolute Gasteiger partial charge is 0.231 e. The number of nitrogens with one attached hydrogen (secondary N) is 1. The highest BCUT2D eigenvalue weighted by Crippen LogP contribution is 2.34. The number of carbonyl (C=O) groups is 1. The molecular weight excluding hydrogens is 350 g/mol. The molecule has 1 saturated carbocycles. The van der Waals surface area contributed by atoms with Crippen molar-refractivity contribution in [2.45, 2.75) is 70.0 Å². The number of aromatic nitrogens is 4. The van der Waals surface area contributed by atoms with E-state index in [1.807, 2.05) is 19.9 Å². The third kappa shape index (κ3) is 4.60.